The summed E-state index contributed by atoms with van der Waals surface area (Å²) in [6, 6.07) is 11.3. The van der Waals surface area contributed by atoms with Crippen LogP contribution in [0.1, 0.15) is 51.7 Å². The number of hydrogen-bond acceptors (Lipinski definition) is 5. The van der Waals surface area contributed by atoms with Crippen molar-refractivity contribution in [1.82, 2.24) is 9.78 Å². The van der Waals surface area contributed by atoms with Gasteiger partial charge in [0.1, 0.15) is 5.75 Å². The molecule has 0 bridgehead atoms. The highest BCUT2D eigenvalue weighted by atomic mass is 35.5. The van der Waals surface area contributed by atoms with Crippen molar-refractivity contribution in [2.24, 2.45) is 5.16 Å². The number of hydrogen-bond donors (Lipinski definition) is 1. The lowest BCUT2D eigenvalue weighted by atomic mass is 10.1. The van der Waals surface area contributed by atoms with Crippen LogP contribution in [-0.4, -0.2) is 32.7 Å². The summed E-state index contributed by atoms with van der Waals surface area (Å²) >= 11 is 6.37. The molecule has 33 heavy (non-hydrogen) atoms. The summed E-state index contributed by atoms with van der Waals surface area (Å²) in [5.74, 6) is 0.386. The van der Waals surface area contributed by atoms with Crippen LogP contribution in [0, 0.1) is 0 Å². The molecule has 3 rings (SSSR count). The molecule has 0 aliphatic carbocycles. The van der Waals surface area contributed by atoms with E-state index in [4.69, 9.17) is 26.3 Å². The number of fused-ring (bicyclic) bond motifs is 1. The van der Waals surface area contributed by atoms with Crippen LogP contribution in [0.2, 0.25) is 5.02 Å². The monoisotopic (exact) mass is 469 g/mol. The number of carboxylic acids is 1. The van der Waals surface area contributed by atoms with Gasteiger partial charge in [-0.25, -0.2) is 0 Å². The Balaban J connectivity index is 1.78. The summed E-state index contributed by atoms with van der Waals surface area (Å²) in [6.07, 6.45) is 4.39. The van der Waals surface area contributed by atoms with Gasteiger partial charge in [-0.1, -0.05) is 28.9 Å². The van der Waals surface area contributed by atoms with Gasteiger partial charge < -0.3 is 14.7 Å². The average Bonchev–Trinajstić information content (AvgIpc) is 3.18. The molecule has 0 amide bonds. The first-order valence-electron chi connectivity index (χ1n) is 10.8. The zero-order valence-electron chi connectivity index (χ0n) is 19.2. The Morgan fingerprint density at radius 1 is 1.30 bits per heavy atom. The van der Waals surface area contributed by atoms with Gasteiger partial charge in [-0.2, -0.15) is 5.10 Å². The van der Waals surface area contributed by atoms with E-state index in [9.17, 15) is 4.79 Å². The molecular formula is C25H28ClN3O4. The summed E-state index contributed by atoms with van der Waals surface area (Å²) in [5.41, 5.74) is 3.19. The van der Waals surface area contributed by atoms with E-state index in [-0.39, 0.29) is 12.5 Å². The number of aliphatic carboxylic acids is 1. The third kappa shape index (κ3) is 6.35. The number of aryl methyl sites for hydroxylation is 1. The van der Waals surface area contributed by atoms with E-state index in [1.807, 2.05) is 70.3 Å². The van der Waals surface area contributed by atoms with Crippen molar-refractivity contribution in [3.8, 4) is 5.75 Å². The molecule has 0 saturated heterocycles. The van der Waals surface area contributed by atoms with Gasteiger partial charge in [0.15, 0.2) is 5.76 Å². The second-order valence-corrected chi connectivity index (χ2v) is 8.27. The second kappa shape index (κ2) is 11.0. The van der Waals surface area contributed by atoms with Crippen LogP contribution in [0.4, 0.5) is 0 Å². The van der Waals surface area contributed by atoms with Crippen molar-refractivity contribution >= 4 is 39.9 Å². The van der Waals surface area contributed by atoms with Crippen molar-refractivity contribution < 1.29 is 19.5 Å². The van der Waals surface area contributed by atoms with E-state index in [0.29, 0.717) is 35.2 Å². The normalized spacial score (nSPS) is 12.4. The Morgan fingerprint density at radius 2 is 2.09 bits per heavy atom. The van der Waals surface area contributed by atoms with Gasteiger partial charge in [0.2, 0.25) is 0 Å². The predicted molar refractivity (Wildman–Crippen MR) is 131 cm³/mol. The number of ether oxygens (including phenoxy) is 1. The minimum atomic E-state index is -0.810. The number of oxime groups is 1. The molecule has 1 aromatic heterocycles. The van der Waals surface area contributed by atoms with Gasteiger partial charge in [0.25, 0.3) is 0 Å². The molecule has 1 N–H and O–H groups in total. The highest BCUT2D eigenvalue weighted by Gasteiger charge is 2.12. The minimum Gasteiger partial charge on any atom is -0.489 e. The number of halogens is 1. The standard InChI is InChI=1S/C25H28ClN3O4/c1-5-23(18-11-12-24(21(26)14-18)32-16(2)3)33-28-17(4)19-8-6-9-22-20(19)15-29(27-22)13-7-10-25(30)31/h5-6,8-9,11-12,14-16H,7,10,13H2,1-4H3,(H,30,31)/b23-5?,28-17+. The van der Waals surface area contributed by atoms with E-state index in [1.54, 1.807) is 10.7 Å². The largest absolute Gasteiger partial charge is 0.489 e. The highest BCUT2D eigenvalue weighted by molar-refractivity contribution is 6.32. The highest BCUT2D eigenvalue weighted by Crippen LogP contribution is 2.30. The topological polar surface area (TPSA) is 85.9 Å². The zero-order chi connectivity index (χ0) is 24.0. The van der Waals surface area contributed by atoms with Gasteiger partial charge in [-0.05, 0) is 64.5 Å². The number of carbonyl (C=O) groups is 1. The quantitative estimate of drug-likeness (QED) is 0.219. The number of rotatable bonds is 10. The zero-order valence-corrected chi connectivity index (χ0v) is 20.0. The third-order valence-corrected chi connectivity index (χ3v) is 5.18. The van der Waals surface area contributed by atoms with Gasteiger partial charge in [0.05, 0.1) is 22.4 Å². The Kier molecular flexibility index (Phi) is 8.11. The van der Waals surface area contributed by atoms with Crippen LogP contribution < -0.4 is 4.74 Å². The lowest BCUT2D eigenvalue weighted by Gasteiger charge is -2.13. The molecule has 3 aromatic rings. The molecule has 0 aliphatic heterocycles. The number of benzene rings is 2. The maximum atomic E-state index is 10.8. The summed E-state index contributed by atoms with van der Waals surface area (Å²) in [4.78, 5) is 16.5. The lowest BCUT2D eigenvalue weighted by molar-refractivity contribution is -0.137. The Labute approximate surface area is 198 Å². The van der Waals surface area contributed by atoms with Gasteiger partial charge in [-0.15, -0.1) is 0 Å². The molecule has 0 aliphatic rings. The molecule has 0 atom stereocenters. The fourth-order valence-corrected chi connectivity index (χ4v) is 3.58. The maximum absolute atomic E-state index is 10.8. The van der Waals surface area contributed by atoms with Crippen LogP contribution in [0.5, 0.6) is 5.75 Å². The van der Waals surface area contributed by atoms with Crippen LogP contribution in [0.15, 0.2) is 53.8 Å². The number of aromatic nitrogens is 2. The van der Waals surface area contributed by atoms with Gasteiger partial charge >= 0.3 is 5.97 Å². The molecule has 0 radical (unpaired) electrons. The van der Waals surface area contributed by atoms with Crippen LogP contribution >= 0.6 is 11.6 Å². The summed E-state index contributed by atoms with van der Waals surface area (Å²) in [7, 11) is 0. The first-order valence-corrected chi connectivity index (χ1v) is 11.2. The Morgan fingerprint density at radius 3 is 2.76 bits per heavy atom. The molecule has 1 heterocycles. The van der Waals surface area contributed by atoms with E-state index in [2.05, 4.69) is 10.3 Å². The average molecular weight is 470 g/mol. The SMILES string of the molecule is CC=C(O/N=C(\C)c1cccc2nn(CCCC(=O)O)cc12)c1ccc(OC(C)C)c(Cl)c1. The van der Waals surface area contributed by atoms with Crippen LogP contribution in [0.25, 0.3) is 16.7 Å². The van der Waals surface area contributed by atoms with Crippen LogP contribution in [0.3, 0.4) is 0 Å². The summed E-state index contributed by atoms with van der Waals surface area (Å²) in [5, 5.41) is 19.2. The van der Waals surface area contributed by atoms with Crippen molar-refractivity contribution in [3.05, 3.63) is 64.8 Å². The predicted octanol–water partition coefficient (Wildman–Crippen LogP) is 6.14. The van der Waals surface area contributed by atoms with E-state index < -0.39 is 5.97 Å². The molecule has 0 saturated carbocycles. The minimum absolute atomic E-state index is 0.0299. The molecule has 8 heteroatoms. The first-order chi connectivity index (χ1) is 15.8. The van der Waals surface area contributed by atoms with Crippen molar-refractivity contribution in [3.63, 3.8) is 0 Å². The number of allylic oxidation sites excluding steroid dienone is 1. The molecular weight excluding hydrogens is 442 g/mol. The van der Waals surface area contributed by atoms with E-state index in [1.165, 1.54) is 0 Å². The van der Waals surface area contributed by atoms with Gasteiger partial charge in [-0.3, -0.25) is 9.48 Å². The first kappa shape index (κ1) is 24.3. The summed E-state index contributed by atoms with van der Waals surface area (Å²) < 4.78 is 7.46. The Hall–Kier alpha value is -3.32. The molecule has 7 nitrogen and oxygen atoms in total. The molecule has 0 fully saturated rings. The number of carboxylic acid groups (broad SMARTS) is 1. The Bertz CT molecular complexity index is 1200. The second-order valence-electron chi connectivity index (χ2n) is 7.86. The fourth-order valence-electron chi connectivity index (χ4n) is 3.36. The van der Waals surface area contributed by atoms with Crippen molar-refractivity contribution in [2.75, 3.05) is 0 Å². The lowest BCUT2D eigenvalue weighted by Crippen LogP contribution is -2.06. The molecule has 2 aromatic carbocycles. The van der Waals surface area contributed by atoms with E-state index >= 15 is 0 Å². The van der Waals surface area contributed by atoms with Crippen molar-refractivity contribution in [1.29, 1.82) is 0 Å². The third-order valence-electron chi connectivity index (χ3n) is 4.89. The van der Waals surface area contributed by atoms with E-state index in [0.717, 1.165) is 22.0 Å². The van der Waals surface area contributed by atoms with Gasteiger partial charge in [0, 0.05) is 35.7 Å². The smallest absolute Gasteiger partial charge is 0.303 e. The number of nitrogens with zero attached hydrogens (tertiary/aromatic N) is 3. The fraction of sp³-hybridized carbons (Fsp3) is 0.320. The summed E-state index contributed by atoms with van der Waals surface area (Å²) in [6.45, 7) is 8.17. The maximum Gasteiger partial charge on any atom is 0.303 e. The van der Waals surface area contributed by atoms with Crippen molar-refractivity contribution in [2.45, 2.75) is 53.2 Å². The molecule has 174 valence electrons. The molecule has 0 spiro atoms. The molecule has 0 unspecified atom stereocenters. The van der Waals surface area contributed by atoms with Crippen LogP contribution in [-0.2, 0) is 16.2 Å².